The van der Waals surface area contributed by atoms with Gasteiger partial charge in [-0.25, -0.2) is 9.97 Å². The van der Waals surface area contributed by atoms with Crippen LogP contribution in [-0.2, 0) is 0 Å². The van der Waals surface area contributed by atoms with E-state index in [1.54, 1.807) is 6.20 Å². The molecule has 0 aromatic carbocycles. The second-order valence-corrected chi connectivity index (χ2v) is 4.09. The lowest BCUT2D eigenvalue weighted by molar-refractivity contribution is 0.638. The maximum absolute atomic E-state index is 5.65. The van der Waals surface area contributed by atoms with Gasteiger partial charge in [0.25, 0.3) is 0 Å². The van der Waals surface area contributed by atoms with E-state index in [2.05, 4.69) is 23.8 Å². The standard InChI is InChI=1S/C13H12N2O/c1-7-8(2)11-10-5-4-6-14-12(10)16-13(11)15-9(7)3/h4-6H,1-3H3. The summed E-state index contributed by atoms with van der Waals surface area (Å²) in [5.74, 6) is 0. The molecule has 16 heavy (non-hydrogen) atoms. The Hall–Kier alpha value is -1.90. The van der Waals surface area contributed by atoms with Crippen molar-refractivity contribution in [3.05, 3.63) is 35.2 Å². The molecule has 0 saturated carbocycles. The van der Waals surface area contributed by atoms with Crippen LogP contribution in [0.2, 0.25) is 0 Å². The Kier molecular flexibility index (Phi) is 1.78. The average molecular weight is 212 g/mol. The largest absolute Gasteiger partial charge is 0.419 e. The van der Waals surface area contributed by atoms with Crippen LogP contribution >= 0.6 is 0 Å². The summed E-state index contributed by atoms with van der Waals surface area (Å²) in [5.41, 5.74) is 4.82. The molecule has 0 N–H and O–H groups in total. The van der Waals surface area contributed by atoms with Crippen molar-refractivity contribution in [2.75, 3.05) is 0 Å². The molecule has 3 aromatic heterocycles. The zero-order valence-corrected chi connectivity index (χ0v) is 9.53. The molecule has 3 nitrogen and oxygen atoms in total. The van der Waals surface area contributed by atoms with Crippen LogP contribution in [-0.4, -0.2) is 9.97 Å². The number of aromatic nitrogens is 2. The maximum Gasteiger partial charge on any atom is 0.229 e. The number of hydrogen-bond donors (Lipinski definition) is 0. The minimum absolute atomic E-state index is 0.665. The Morgan fingerprint density at radius 2 is 1.88 bits per heavy atom. The van der Waals surface area contributed by atoms with Crippen LogP contribution < -0.4 is 0 Å². The van der Waals surface area contributed by atoms with Gasteiger partial charge in [-0.15, -0.1) is 0 Å². The Bertz CT molecular complexity index is 698. The molecule has 0 aliphatic rings. The molecule has 3 rings (SSSR count). The molecule has 0 bridgehead atoms. The van der Waals surface area contributed by atoms with E-state index in [1.165, 1.54) is 11.1 Å². The summed E-state index contributed by atoms with van der Waals surface area (Å²) in [6.07, 6.45) is 1.74. The predicted molar refractivity (Wildman–Crippen MR) is 63.5 cm³/mol. The van der Waals surface area contributed by atoms with E-state index in [-0.39, 0.29) is 0 Å². The topological polar surface area (TPSA) is 38.9 Å². The fraction of sp³-hybridized carbons (Fsp3) is 0.231. The van der Waals surface area contributed by atoms with Crippen molar-refractivity contribution in [3.63, 3.8) is 0 Å². The number of furan rings is 1. The van der Waals surface area contributed by atoms with E-state index in [9.17, 15) is 0 Å². The summed E-state index contributed by atoms with van der Waals surface area (Å²) in [6, 6.07) is 3.95. The van der Waals surface area contributed by atoms with Gasteiger partial charge in [-0.3, -0.25) is 0 Å². The summed E-state index contributed by atoms with van der Waals surface area (Å²) in [7, 11) is 0. The summed E-state index contributed by atoms with van der Waals surface area (Å²) >= 11 is 0. The van der Waals surface area contributed by atoms with Crippen molar-refractivity contribution in [1.29, 1.82) is 0 Å². The van der Waals surface area contributed by atoms with Gasteiger partial charge in [-0.2, -0.15) is 0 Å². The van der Waals surface area contributed by atoms with Crippen LogP contribution in [0.4, 0.5) is 0 Å². The monoisotopic (exact) mass is 212 g/mol. The first-order chi connectivity index (χ1) is 7.68. The number of aryl methyl sites for hydroxylation is 2. The summed E-state index contributed by atoms with van der Waals surface area (Å²) in [4.78, 5) is 8.68. The zero-order chi connectivity index (χ0) is 11.3. The Morgan fingerprint density at radius 1 is 1.06 bits per heavy atom. The second-order valence-electron chi connectivity index (χ2n) is 4.09. The minimum atomic E-state index is 0.665. The fourth-order valence-corrected chi connectivity index (χ4v) is 2.06. The third kappa shape index (κ3) is 1.08. The lowest BCUT2D eigenvalue weighted by Crippen LogP contribution is -1.91. The summed E-state index contributed by atoms with van der Waals surface area (Å²) in [5, 5.41) is 2.14. The molecule has 0 spiro atoms. The van der Waals surface area contributed by atoms with E-state index in [1.807, 2.05) is 19.1 Å². The summed E-state index contributed by atoms with van der Waals surface area (Å²) < 4.78 is 5.65. The fourth-order valence-electron chi connectivity index (χ4n) is 2.06. The van der Waals surface area contributed by atoms with E-state index < -0.39 is 0 Å². The smallest absolute Gasteiger partial charge is 0.229 e. The van der Waals surface area contributed by atoms with Crippen LogP contribution in [0.25, 0.3) is 22.2 Å². The van der Waals surface area contributed by atoms with Crippen LogP contribution in [0, 0.1) is 20.8 Å². The van der Waals surface area contributed by atoms with Gasteiger partial charge in [-0.1, -0.05) is 0 Å². The molecule has 3 aromatic rings. The highest BCUT2D eigenvalue weighted by molar-refractivity contribution is 6.04. The van der Waals surface area contributed by atoms with E-state index in [4.69, 9.17) is 4.42 Å². The quantitative estimate of drug-likeness (QED) is 0.574. The Morgan fingerprint density at radius 3 is 2.69 bits per heavy atom. The molecule has 0 amide bonds. The molecule has 0 fully saturated rings. The van der Waals surface area contributed by atoms with Gasteiger partial charge in [0.05, 0.1) is 10.8 Å². The second kappa shape index (κ2) is 3.04. The molecule has 0 saturated heterocycles. The molecule has 0 unspecified atom stereocenters. The molecule has 3 heterocycles. The first-order valence-corrected chi connectivity index (χ1v) is 5.29. The maximum atomic E-state index is 5.65. The lowest BCUT2D eigenvalue weighted by atomic mass is 10.0. The molecular formula is C13H12N2O. The number of pyridine rings is 2. The van der Waals surface area contributed by atoms with Gasteiger partial charge < -0.3 is 4.42 Å². The minimum Gasteiger partial charge on any atom is -0.419 e. The van der Waals surface area contributed by atoms with Gasteiger partial charge >= 0.3 is 0 Å². The number of hydrogen-bond acceptors (Lipinski definition) is 3. The first kappa shape index (κ1) is 9.33. The third-order valence-corrected chi connectivity index (χ3v) is 3.20. The van der Waals surface area contributed by atoms with E-state index in [0.717, 1.165) is 16.5 Å². The van der Waals surface area contributed by atoms with Crippen molar-refractivity contribution >= 4 is 22.2 Å². The highest BCUT2D eigenvalue weighted by Gasteiger charge is 2.13. The Labute approximate surface area is 93.1 Å². The molecular weight excluding hydrogens is 200 g/mol. The number of nitrogens with zero attached hydrogens (tertiary/aromatic N) is 2. The predicted octanol–water partition coefficient (Wildman–Crippen LogP) is 3.30. The van der Waals surface area contributed by atoms with Crippen LogP contribution in [0.1, 0.15) is 16.8 Å². The van der Waals surface area contributed by atoms with Gasteiger partial charge in [0.2, 0.25) is 11.4 Å². The highest BCUT2D eigenvalue weighted by Crippen LogP contribution is 2.30. The lowest BCUT2D eigenvalue weighted by Gasteiger charge is -2.03. The van der Waals surface area contributed by atoms with Gasteiger partial charge in [0, 0.05) is 11.9 Å². The van der Waals surface area contributed by atoms with Crippen LogP contribution in [0.3, 0.4) is 0 Å². The van der Waals surface area contributed by atoms with E-state index in [0.29, 0.717) is 11.4 Å². The van der Waals surface area contributed by atoms with Crippen molar-refractivity contribution in [3.8, 4) is 0 Å². The van der Waals surface area contributed by atoms with Gasteiger partial charge in [-0.05, 0) is 44.0 Å². The molecule has 0 aliphatic heterocycles. The molecule has 0 radical (unpaired) electrons. The average Bonchev–Trinajstić information content (AvgIpc) is 2.64. The van der Waals surface area contributed by atoms with Crippen LogP contribution in [0.15, 0.2) is 22.7 Å². The van der Waals surface area contributed by atoms with Crippen molar-refractivity contribution in [1.82, 2.24) is 9.97 Å². The zero-order valence-electron chi connectivity index (χ0n) is 9.53. The van der Waals surface area contributed by atoms with Crippen LogP contribution in [0.5, 0.6) is 0 Å². The molecule has 3 heteroatoms. The highest BCUT2D eigenvalue weighted by atomic mass is 16.3. The van der Waals surface area contributed by atoms with Crippen molar-refractivity contribution < 1.29 is 4.42 Å². The van der Waals surface area contributed by atoms with Gasteiger partial charge in [0.1, 0.15) is 0 Å². The number of rotatable bonds is 0. The van der Waals surface area contributed by atoms with Crippen molar-refractivity contribution in [2.45, 2.75) is 20.8 Å². The van der Waals surface area contributed by atoms with E-state index >= 15 is 0 Å². The Balaban J connectivity index is 2.62. The molecule has 80 valence electrons. The third-order valence-electron chi connectivity index (χ3n) is 3.20. The van der Waals surface area contributed by atoms with Crippen molar-refractivity contribution in [2.24, 2.45) is 0 Å². The number of fused-ring (bicyclic) bond motifs is 3. The molecule has 0 atom stereocenters. The van der Waals surface area contributed by atoms with Gasteiger partial charge in [0.15, 0.2) is 0 Å². The normalized spacial score (nSPS) is 11.4. The SMILES string of the molecule is Cc1nc2oc3ncccc3c2c(C)c1C. The molecule has 0 aliphatic carbocycles. The first-order valence-electron chi connectivity index (χ1n) is 5.29. The summed E-state index contributed by atoms with van der Waals surface area (Å²) in [6.45, 7) is 6.20.